The third-order valence-corrected chi connectivity index (χ3v) is 3.69. The van der Waals surface area contributed by atoms with Crippen molar-refractivity contribution in [3.05, 3.63) is 0 Å². The molecule has 1 aliphatic rings. The Balaban J connectivity index is 2.25. The Labute approximate surface area is 81.1 Å². The molecule has 0 bridgehead atoms. The van der Waals surface area contributed by atoms with Crippen LogP contribution in [0.4, 0.5) is 4.79 Å². The Bertz CT molecular complexity index is 220. The number of hydrogen-bond acceptors (Lipinski definition) is 2. The maximum absolute atomic E-state index is 11.1. The minimum absolute atomic E-state index is 0.00841. The van der Waals surface area contributed by atoms with Gasteiger partial charge >= 0.3 is 6.03 Å². The molecule has 0 saturated carbocycles. The summed E-state index contributed by atoms with van der Waals surface area (Å²) in [6.07, 6.45) is 2.52. The Kier molecular flexibility index (Phi) is 3.71. The molecule has 1 rings (SSSR count). The van der Waals surface area contributed by atoms with Crippen LogP contribution in [0.3, 0.4) is 0 Å². The molecule has 2 atom stereocenters. The van der Waals surface area contributed by atoms with E-state index in [1.165, 1.54) is 0 Å². The maximum atomic E-state index is 11.1. The average Bonchev–Trinajstić information content (AvgIpc) is 2.47. The molecule has 0 aromatic rings. The molecule has 2 unspecified atom stereocenters. The first kappa shape index (κ1) is 10.5. The number of rotatable bonds is 4. The molecule has 1 saturated heterocycles. The lowest BCUT2D eigenvalue weighted by molar-refractivity contribution is 0.217. The van der Waals surface area contributed by atoms with Gasteiger partial charge in [0.1, 0.15) is 0 Å². The van der Waals surface area contributed by atoms with Crippen molar-refractivity contribution < 1.29 is 9.00 Å². The molecule has 0 aromatic heterocycles. The van der Waals surface area contributed by atoms with Crippen LogP contribution in [-0.4, -0.2) is 46.3 Å². The van der Waals surface area contributed by atoms with Gasteiger partial charge in [-0.05, 0) is 6.42 Å². The predicted molar refractivity (Wildman–Crippen MR) is 53.1 cm³/mol. The number of nitrogens with one attached hydrogen (secondary N) is 1. The maximum Gasteiger partial charge on any atom is 0.317 e. The first-order valence-corrected chi connectivity index (χ1v) is 6.08. The van der Waals surface area contributed by atoms with E-state index in [2.05, 4.69) is 5.32 Å². The van der Waals surface area contributed by atoms with Crippen molar-refractivity contribution >= 4 is 16.8 Å². The molecule has 0 radical (unpaired) electrons. The van der Waals surface area contributed by atoms with Gasteiger partial charge in [0.15, 0.2) is 0 Å². The van der Waals surface area contributed by atoms with Crippen LogP contribution in [0.1, 0.15) is 13.3 Å². The molecule has 5 heteroatoms. The van der Waals surface area contributed by atoms with Gasteiger partial charge in [-0.1, -0.05) is 6.92 Å². The lowest BCUT2D eigenvalue weighted by Crippen LogP contribution is -2.31. The van der Waals surface area contributed by atoms with E-state index in [1.807, 2.05) is 6.92 Å². The molecular formula is C8H16N2O2S. The summed E-state index contributed by atoms with van der Waals surface area (Å²) in [5.41, 5.74) is 0. The minimum atomic E-state index is -0.780. The van der Waals surface area contributed by atoms with E-state index in [4.69, 9.17) is 0 Å². The zero-order chi connectivity index (χ0) is 9.84. The van der Waals surface area contributed by atoms with Crippen LogP contribution >= 0.6 is 0 Å². The van der Waals surface area contributed by atoms with Gasteiger partial charge in [0.25, 0.3) is 0 Å². The molecule has 2 amide bonds. The Hall–Kier alpha value is -0.580. The van der Waals surface area contributed by atoms with E-state index >= 15 is 0 Å². The Morgan fingerprint density at radius 3 is 2.85 bits per heavy atom. The second kappa shape index (κ2) is 4.60. The molecule has 1 heterocycles. The van der Waals surface area contributed by atoms with E-state index in [0.29, 0.717) is 6.54 Å². The summed E-state index contributed by atoms with van der Waals surface area (Å²) >= 11 is 0. The zero-order valence-corrected chi connectivity index (χ0v) is 8.89. The smallest absolute Gasteiger partial charge is 0.317 e. The van der Waals surface area contributed by atoms with Crippen molar-refractivity contribution in [1.82, 2.24) is 10.2 Å². The quantitative estimate of drug-likeness (QED) is 0.709. The summed E-state index contributed by atoms with van der Waals surface area (Å²) in [5.74, 6) is 0. The van der Waals surface area contributed by atoms with Gasteiger partial charge in [0.2, 0.25) is 0 Å². The molecule has 0 aromatic carbocycles. The van der Waals surface area contributed by atoms with E-state index in [1.54, 1.807) is 11.2 Å². The van der Waals surface area contributed by atoms with Gasteiger partial charge in [0, 0.05) is 41.9 Å². The fourth-order valence-corrected chi connectivity index (χ4v) is 1.67. The van der Waals surface area contributed by atoms with Crippen molar-refractivity contribution in [2.45, 2.75) is 18.6 Å². The van der Waals surface area contributed by atoms with Gasteiger partial charge in [0.05, 0.1) is 0 Å². The first-order chi connectivity index (χ1) is 6.11. The highest BCUT2D eigenvalue weighted by Gasteiger charge is 2.19. The zero-order valence-electron chi connectivity index (χ0n) is 8.08. The Morgan fingerprint density at radius 1 is 1.69 bits per heavy atom. The second-order valence-electron chi connectivity index (χ2n) is 3.32. The SMILES string of the molecule is CC(CCN1CCNC1=O)S(C)=O. The minimum Gasteiger partial charge on any atom is -0.336 e. The molecule has 1 N–H and O–H groups in total. The third kappa shape index (κ3) is 2.99. The molecule has 1 fully saturated rings. The first-order valence-electron chi connectivity index (χ1n) is 4.46. The highest BCUT2D eigenvalue weighted by atomic mass is 32.2. The highest BCUT2D eigenvalue weighted by molar-refractivity contribution is 7.84. The van der Waals surface area contributed by atoms with E-state index < -0.39 is 10.8 Å². The van der Waals surface area contributed by atoms with Crippen LogP contribution in [0, 0.1) is 0 Å². The van der Waals surface area contributed by atoms with Gasteiger partial charge in [-0.2, -0.15) is 0 Å². The van der Waals surface area contributed by atoms with Gasteiger partial charge in [-0.3, -0.25) is 4.21 Å². The van der Waals surface area contributed by atoms with E-state index in [0.717, 1.165) is 19.5 Å². The highest BCUT2D eigenvalue weighted by Crippen LogP contribution is 2.04. The topological polar surface area (TPSA) is 49.4 Å². The molecule has 76 valence electrons. The van der Waals surface area contributed by atoms with Crippen LogP contribution in [0.15, 0.2) is 0 Å². The fourth-order valence-electron chi connectivity index (χ4n) is 1.23. The van der Waals surface area contributed by atoms with Gasteiger partial charge in [-0.25, -0.2) is 4.79 Å². The monoisotopic (exact) mass is 204 g/mol. The second-order valence-corrected chi connectivity index (χ2v) is 5.12. The normalized spacial score (nSPS) is 21.4. The average molecular weight is 204 g/mol. The number of hydrogen-bond donors (Lipinski definition) is 1. The number of urea groups is 1. The summed E-state index contributed by atoms with van der Waals surface area (Å²) in [4.78, 5) is 12.9. The largest absolute Gasteiger partial charge is 0.336 e. The van der Waals surface area contributed by atoms with Crippen LogP contribution in [0.5, 0.6) is 0 Å². The van der Waals surface area contributed by atoms with Crippen LogP contribution in [0.25, 0.3) is 0 Å². The van der Waals surface area contributed by atoms with Crippen molar-refractivity contribution in [1.29, 1.82) is 0 Å². The van der Waals surface area contributed by atoms with Gasteiger partial charge < -0.3 is 10.2 Å². The van der Waals surface area contributed by atoms with Crippen LogP contribution < -0.4 is 5.32 Å². The lowest BCUT2D eigenvalue weighted by atomic mass is 10.3. The number of carbonyl (C=O) groups excluding carboxylic acids is 1. The number of carbonyl (C=O) groups is 1. The molecular weight excluding hydrogens is 188 g/mol. The summed E-state index contributed by atoms with van der Waals surface area (Å²) in [6.45, 7) is 4.18. The van der Waals surface area contributed by atoms with E-state index in [9.17, 15) is 9.00 Å². The van der Waals surface area contributed by atoms with Crippen molar-refractivity contribution in [3.63, 3.8) is 0 Å². The number of amides is 2. The standard InChI is InChI=1S/C8H16N2O2S/c1-7(13(2)12)3-5-10-6-4-9-8(10)11/h7H,3-6H2,1-2H3,(H,9,11). The fraction of sp³-hybridized carbons (Fsp3) is 0.875. The summed E-state index contributed by atoms with van der Waals surface area (Å²) in [5, 5.41) is 2.91. The molecule has 0 spiro atoms. The summed E-state index contributed by atoms with van der Waals surface area (Å²) < 4.78 is 11.0. The van der Waals surface area contributed by atoms with E-state index in [-0.39, 0.29) is 11.3 Å². The molecule has 1 aliphatic heterocycles. The van der Waals surface area contributed by atoms with Crippen molar-refractivity contribution in [2.24, 2.45) is 0 Å². The molecule has 0 aliphatic carbocycles. The van der Waals surface area contributed by atoms with Gasteiger partial charge in [-0.15, -0.1) is 0 Å². The summed E-state index contributed by atoms with van der Waals surface area (Å²) in [7, 11) is -0.780. The Morgan fingerprint density at radius 2 is 2.38 bits per heavy atom. The van der Waals surface area contributed by atoms with Crippen LogP contribution in [-0.2, 0) is 10.8 Å². The molecule has 4 nitrogen and oxygen atoms in total. The molecule has 13 heavy (non-hydrogen) atoms. The summed E-state index contributed by atoms with van der Waals surface area (Å²) in [6, 6.07) is 0.00841. The van der Waals surface area contributed by atoms with Crippen molar-refractivity contribution in [3.8, 4) is 0 Å². The predicted octanol–water partition coefficient (Wildman–Crippen LogP) is 0.169. The number of nitrogens with zero attached hydrogens (tertiary/aromatic N) is 1. The van der Waals surface area contributed by atoms with Crippen LogP contribution in [0.2, 0.25) is 0 Å². The van der Waals surface area contributed by atoms with Crippen molar-refractivity contribution in [2.75, 3.05) is 25.9 Å². The lowest BCUT2D eigenvalue weighted by Gasteiger charge is -2.15. The third-order valence-electron chi connectivity index (χ3n) is 2.32.